The number of aromatic nitrogens is 2. The fourth-order valence-corrected chi connectivity index (χ4v) is 4.26. The number of aliphatic hydroxyl groups excluding tert-OH is 1. The van der Waals surface area contributed by atoms with E-state index < -0.39 is 5.97 Å². The fraction of sp³-hybridized carbons (Fsp3) is 0.174. The predicted molar refractivity (Wildman–Crippen MR) is 131 cm³/mol. The number of carbonyl (C=O) groups excluding carboxylic acids is 1. The number of rotatable bonds is 4. The molecule has 4 aromatic rings. The Balaban J connectivity index is 0.000000192. The SMILES string of the molecule is COC(=O)c1c(-c2c(Cl)cccc2Cl)noc1C.Cc1onc(-c2c(Cl)cccc2Cl)c1CO. The number of ether oxygens (including phenoxy) is 1. The van der Waals surface area contributed by atoms with Gasteiger partial charge in [-0.1, -0.05) is 68.8 Å². The van der Waals surface area contributed by atoms with Gasteiger partial charge in [0, 0.05) is 16.7 Å². The van der Waals surface area contributed by atoms with E-state index in [-0.39, 0.29) is 17.9 Å². The second-order valence-electron chi connectivity index (χ2n) is 6.87. The summed E-state index contributed by atoms with van der Waals surface area (Å²) in [7, 11) is 1.28. The molecule has 0 saturated heterocycles. The third-order valence-corrected chi connectivity index (χ3v) is 6.05. The van der Waals surface area contributed by atoms with Crippen LogP contribution in [0.4, 0.5) is 0 Å². The number of hydrogen-bond acceptors (Lipinski definition) is 7. The van der Waals surface area contributed by atoms with Gasteiger partial charge >= 0.3 is 5.97 Å². The third-order valence-electron chi connectivity index (χ3n) is 4.79. The van der Waals surface area contributed by atoms with Gasteiger partial charge in [-0.2, -0.15) is 0 Å². The topological polar surface area (TPSA) is 98.6 Å². The van der Waals surface area contributed by atoms with E-state index in [0.717, 1.165) is 0 Å². The van der Waals surface area contributed by atoms with Crippen LogP contribution in [0.15, 0.2) is 45.4 Å². The Bertz CT molecular complexity index is 1290. The highest BCUT2D eigenvalue weighted by Crippen LogP contribution is 2.37. The zero-order valence-corrected chi connectivity index (χ0v) is 21.2. The van der Waals surface area contributed by atoms with Crippen LogP contribution in [0.1, 0.15) is 27.4 Å². The van der Waals surface area contributed by atoms with Gasteiger partial charge in [-0.25, -0.2) is 4.79 Å². The van der Waals surface area contributed by atoms with E-state index in [9.17, 15) is 9.90 Å². The van der Waals surface area contributed by atoms with E-state index in [2.05, 4.69) is 10.3 Å². The number of methoxy groups -OCH3 is 1. The standard InChI is InChI=1S/C12H9Cl2NO3.C11H9Cl2NO2/c1-6-9(12(16)17-2)11(15-18-6)10-7(13)4-3-5-8(10)14;1-6-7(5-15)11(14-16-6)10-8(12)3-2-4-9(10)13/h3-5H,1-2H3;2-4,15H,5H2,1H3. The summed E-state index contributed by atoms with van der Waals surface area (Å²) in [6.07, 6.45) is 0. The van der Waals surface area contributed by atoms with E-state index in [0.29, 0.717) is 54.0 Å². The molecule has 2 aromatic carbocycles. The lowest BCUT2D eigenvalue weighted by molar-refractivity contribution is 0.0599. The molecular weight excluding hydrogens is 526 g/mol. The molecule has 0 atom stereocenters. The Kier molecular flexibility index (Phi) is 8.62. The highest BCUT2D eigenvalue weighted by atomic mass is 35.5. The van der Waals surface area contributed by atoms with E-state index >= 15 is 0 Å². The molecule has 0 unspecified atom stereocenters. The molecule has 0 aliphatic rings. The maximum Gasteiger partial charge on any atom is 0.343 e. The fourth-order valence-electron chi connectivity index (χ4n) is 3.11. The summed E-state index contributed by atoms with van der Waals surface area (Å²) < 4.78 is 14.7. The van der Waals surface area contributed by atoms with Crippen molar-refractivity contribution in [3.05, 3.63) is 79.1 Å². The van der Waals surface area contributed by atoms with E-state index in [1.165, 1.54) is 7.11 Å². The van der Waals surface area contributed by atoms with E-state index in [1.54, 1.807) is 50.2 Å². The van der Waals surface area contributed by atoms with Crippen molar-refractivity contribution in [2.75, 3.05) is 7.11 Å². The van der Waals surface area contributed by atoms with Gasteiger partial charge in [0.05, 0.1) is 33.8 Å². The highest BCUT2D eigenvalue weighted by molar-refractivity contribution is 6.39. The number of carbonyl (C=O) groups is 1. The molecule has 2 heterocycles. The molecule has 0 spiro atoms. The van der Waals surface area contributed by atoms with Gasteiger partial charge in [0.2, 0.25) is 0 Å². The van der Waals surface area contributed by atoms with Gasteiger partial charge in [-0.15, -0.1) is 0 Å². The van der Waals surface area contributed by atoms with Gasteiger partial charge < -0.3 is 18.9 Å². The van der Waals surface area contributed by atoms with Gasteiger partial charge in [0.25, 0.3) is 0 Å². The first-order valence-electron chi connectivity index (χ1n) is 9.70. The van der Waals surface area contributed by atoms with Crippen molar-refractivity contribution in [1.82, 2.24) is 10.3 Å². The minimum atomic E-state index is -0.542. The van der Waals surface area contributed by atoms with Crippen molar-refractivity contribution < 1.29 is 23.7 Å². The molecule has 0 fully saturated rings. The number of hydrogen-bond donors (Lipinski definition) is 1. The lowest BCUT2D eigenvalue weighted by Crippen LogP contribution is -2.03. The average molecular weight is 544 g/mol. The lowest BCUT2D eigenvalue weighted by atomic mass is 10.1. The Labute approximate surface area is 215 Å². The number of esters is 1. The van der Waals surface area contributed by atoms with Crippen molar-refractivity contribution in [1.29, 1.82) is 0 Å². The summed E-state index contributed by atoms with van der Waals surface area (Å²) in [6.45, 7) is 3.19. The van der Waals surface area contributed by atoms with Gasteiger partial charge in [-0.3, -0.25) is 0 Å². The first kappa shape index (κ1) is 26.1. The molecule has 0 aliphatic heterocycles. The molecule has 0 bridgehead atoms. The van der Waals surface area contributed by atoms with Crippen LogP contribution in [-0.4, -0.2) is 28.5 Å². The van der Waals surface area contributed by atoms with Crippen LogP contribution >= 0.6 is 46.4 Å². The average Bonchev–Trinajstić information content (AvgIpc) is 3.36. The summed E-state index contributed by atoms with van der Waals surface area (Å²) in [5.74, 6) is 0.376. The maximum atomic E-state index is 11.7. The molecule has 0 amide bonds. The highest BCUT2D eigenvalue weighted by Gasteiger charge is 2.25. The van der Waals surface area contributed by atoms with Crippen molar-refractivity contribution in [3.63, 3.8) is 0 Å². The summed E-state index contributed by atoms with van der Waals surface area (Å²) in [4.78, 5) is 11.7. The van der Waals surface area contributed by atoms with E-state index in [1.807, 2.05) is 0 Å². The molecule has 4 rings (SSSR count). The quantitative estimate of drug-likeness (QED) is 0.272. The molecule has 178 valence electrons. The number of nitrogens with zero attached hydrogens (tertiary/aromatic N) is 2. The number of benzene rings is 2. The summed E-state index contributed by atoms with van der Waals surface area (Å²) in [6, 6.07) is 10.2. The molecule has 2 aromatic heterocycles. The van der Waals surface area contributed by atoms with Gasteiger partial charge in [0.15, 0.2) is 0 Å². The Hall–Kier alpha value is -2.55. The summed E-state index contributed by atoms with van der Waals surface area (Å²) >= 11 is 24.3. The molecule has 0 saturated carbocycles. The maximum absolute atomic E-state index is 11.7. The molecule has 11 heteroatoms. The third kappa shape index (κ3) is 5.24. The van der Waals surface area contributed by atoms with Crippen molar-refractivity contribution >= 4 is 52.4 Å². The minimum Gasteiger partial charge on any atom is -0.465 e. The van der Waals surface area contributed by atoms with Crippen LogP contribution in [0, 0.1) is 13.8 Å². The van der Waals surface area contributed by atoms with Crippen LogP contribution in [-0.2, 0) is 11.3 Å². The van der Waals surface area contributed by atoms with Crippen LogP contribution < -0.4 is 0 Å². The minimum absolute atomic E-state index is 0.160. The van der Waals surface area contributed by atoms with Crippen LogP contribution in [0.3, 0.4) is 0 Å². The molecule has 0 aliphatic carbocycles. The van der Waals surface area contributed by atoms with Crippen LogP contribution in [0.2, 0.25) is 20.1 Å². The molecule has 34 heavy (non-hydrogen) atoms. The number of aliphatic hydroxyl groups is 1. The molecule has 1 N–H and O–H groups in total. The first-order chi connectivity index (χ1) is 16.2. The Morgan fingerprint density at radius 2 is 1.29 bits per heavy atom. The number of halogens is 4. The first-order valence-corrected chi connectivity index (χ1v) is 11.2. The van der Waals surface area contributed by atoms with Crippen molar-refractivity contribution in [2.45, 2.75) is 20.5 Å². The molecular formula is C23H18Cl4N2O5. The zero-order valence-electron chi connectivity index (χ0n) is 18.2. The summed E-state index contributed by atoms with van der Waals surface area (Å²) in [5, 5.41) is 18.7. The Morgan fingerprint density at radius 3 is 1.76 bits per heavy atom. The normalized spacial score (nSPS) is 10.6. The molecule has 7 nitrogen and oxygen atoms in total. The number of aryl methyl sites for hydroxylation is 2. The largest absolute Gasteiger partial charge is 0.465 e. The Morgan fingerprint density at radius 1 is 0.853 bits per heavy atom. The van der Waals surface area contributed by atoms with Gasteiger partial charge in [0.1, 0.15) is 28.5 Å². The monoisotopic (exact) mass is 542 g/mol. The van der Waals surface area contributed by atoms with Gasteiger partial charge in [-0.05, 0) is 38.1 Å². The van der Waals surface area contributed by atoms with Crippen molar-refractivity contribution in [3.8, 4) is 22.5 Å². The van der Waals surface area contributed by atoms with Crippen LogP contribution in [0.5, 0.6) is 0 Å². The van der Waals surface area contributed by atoms with E-state index in [4.69, 9.17) is 60.2 Å². The lowest BCUT2D eigenvalue weighted by Gasteiger charge is -2.05. The smallest absolute Gasteiger partial charge is 0.343 e. The van der Waals surface area contributed by atoms with Crippen LogP contribution in [0.25, 0.3) is 22.5 Å². The molecule has 0 radical (unpaired) electrons. The van der Waals surface area contributed by atoms with Crippen molar-refractivity contribution in [2.24, 2.45) is 0 Å². The summed E-state index contributed by atoms with van der Waals surface area (Å²) in [5.41, 5.74) is 2.66. The predicted octanol–water partition coefficient (Wildman–Crippen LogP) is 7.19. The zero-order chi connectivity index (χ0) is 25.0. The second kappa shape index (κ2) is 11.3. The second-order valence-corrected chi connectivity index (χ2v) is 8.50.